The first kappa shape index (κ1) is 18.1. The summed E-state index contributed by atoms with van der Waals surface area (Å²) in [6.07, 6.45) is 1.95. The van der Waals surface area contributed by atoms with Crippen molar-refractivity contribution in [2.75, 3.05) is 31.0 Å². The number of ether oxygens (including phenoxy) is 1. The number of carbonyl (C=O) groups excluding carboxylic acids is 2. The van der Waals surface area contributed by atoms with Gasteiger partial charge in [0.2, 0.25) is 0 Å². The van der Waals surface area contributed by atoms with Crippen LogP contribution in [-0.4, -0.2) is 42.4 Å². The summed E-state index contributed by atoms with van der Waals surface area (Å²) in [7, 11) is 1.60. The Morgan fingerprint density at radius 2 is 1.69 bits per heavy atom. The van der Waals surface area contributed by atoms with Gasteiger partial charge >= 0.3 is 0 Å². The first-order valence-electron chi connectivity index (χ1n) is 8.21. The van der Waals surface area contributed by atoms with Gasteiger partial charge in [0, 0.05) is 18.0 Å². The zero-order chi connectivity index (χ0) is 18.5. The molecular formula is C20H20N2O3S. The van der Waals surface area contributed by atoms with E-state index in [0.29, 0.717) is 23.6 Å². The zero-order valence-corrected chi connectivity index (χ0v) is 15.5. The summed E-state index contributed by atoms with van der Waals surface area (Å²) in [5, 5.41) is 3.13. The molecule has 0 unspecified atom stereocenters. The first-order valence-corrected chi connectivity index (χ1v) is 9.61. The summed E-state index contributed by atoms with van der Waals surface area (Å²) in [6, 6.07) is 16.5. The SMILES string of the molecule is COc1ccc(NC2=C(c3ccccc3)C(=O)N(CCSC)C2=O)cc1. The van der Waals surface area contributed by atoms with E-state index in [9.17, 15) is 9.59 Å². The van der Waals surface area contributed by atoms with Gasteiger partial charge in [-0.15, -0.1) is 0 Å². The van der Waals surface area contributed by atoms with Gasteiger partial charge in [-0.1, -0.05) is 30.3 Å². The molecule has 5 nitrogen and oxygen atoms in total. The fraction of sp³-hybridized carbons (Fsp3) is 0.200. The van der Waals surface area contributed by atoms with Gasteiger partial charge in [0.15, 0.2) is 0 Å². The second-order valence-electron chi connectivity index (χ2n) is 5.72. The molecule has 0 saturated heterocycles. The van der Waals surface area contributed by atoms with Crippen LogP contribution in [0.25, 0.3) is 5.57 Å². The fourth-order valence-electron chi connectivity index (χ4n) is 2.77. The van der Waals surface area contributed by atoms with Crippen molar-refractivity contribution in [1.29, 1.82) is 0 Å². The third-order valence-corrected chi connectivity index (χ3v) is 4.70. The molecule has 2 aromatic rings. The molecule has 0 fully saturated rings. The van der Waals surface area contributed by atoms with Gasteiger partial charge in [0.25, 0.3) is 11.8 Å². The van der Waals surface area contributed by atoms with E-state index in [1.165, 1.54) is 4.90 Å². The van der Waals surface area contributed by atoms with Gasteiger partial charge in [-0.2, -0.15) is 11.8 Å². The van der Waals surface area contributed by atoms with E-state index in [1.807, 2.05) is 48.7 Å². The molecule has 1 aliphatic heterocycles. The van der Waals surface area contributed by atoms with E-state index in [4.69, 9.17) is 4.74 Å². The van der Waals surface area contributed by atoms with Crippen molar-refractivity contribution in [3.63, 3.8) is 0 Å². The first-order chi connectivity index (χ1) is 12.7. The molecule has 0 aromatic heterocycles. The topological polar surface area (TPSA) is 58.6 Å². The minimum atomic E-state index is -0.293. The molecule has 0 saturated carbocycles. The van der Waals surface area contributed by atoms with Crippen LogP contribution in [0.2, 0.25) is 0 Å². The van der Waals surface area contributed by atoms with Gasteiger partial charge in [-0.25, -0.2) is 0 Å². The lowest BCUT2D eigenvalue weighted by Crippen LogP contribution is -2.34. The standard InChI is InChI=1S/C20H20N2O3S/c1-25-16-10-8-15(9-11-16)21-18-17(14-6-4-3-5-7-14)19(23)22(20(18)24)12-13-26-2/h3-11,21H,12-13H2,1-2H3. The van der Waals surface area contributed by atoms with Crippen molar-refractivity contribution in [2.45, 2.75) is 0 Å². The molecule has 1 N–H and O–H groups in total. The van der Waals surface area contributed by atoms with E-state index in [-0.39, 0.29) is 11.8 Å². The van der Waals surface area contributed by atoms with E-state index in [2.05, 4.69) is 5.32 Å². The van der Waals surface area contributed by atoms with E-state index in [0.717, 1.165) is 17.0 Å². The van der Waals surface area contributed by atoms with Gasteiger partial charge in [0.05, 0.1) is 12.7 Å². The number of imide groups is 1. The summed E-state index contributed by atoms with van der Waals surface area (Å²) in [4.78, 5) is 27.1. The van der Waals surface area contributed by atoms with Crippen LogP contribution in [0.1, 0.15) is 5.56 Å². The molecule has 1 heterocycles. The Bertz CT molecular complexity index is 832. The zero-order valence-electron chi connectivity index (χ0n) is 14.7. The lowest BCUT2D eigenvalue weighted by atomic mass is 10.0. The van der Waals surface area contributed by atoms with Crippen molar-refractivity contribution in [1.82, 2.24) is 4.90 Å². The highest BCUT2D eigenvalue weighted by Gasteiger charge is 2.38. The van der Waals surface area contributed by atoms with Crippen LogP contribution in [-0.2, 0) is 9.59 Å². The molecule has 2 amide bonds. The molecule has 1 aliphatic rings. The third-order valence-electron chi connectivity index (χ3n) is 4.11. The van der Waals surface area contributed by atoms with Crippen LogP contribution >= 0.6 is 11.8 Å². The monoisotopic (exact) mass is 368 g/mol. The number of hydrogen-bond donors (Lipinski definition) is 1. The maximum Gasteiger partial charge on any atom is 0.278 e. The van der Waals surface area contributed by atoms with Crippen LogP contribution in [0.3, 0.4) is 0 Å². The van der Waals surface area contributed by atoms with Crippen molar-refractivity contribution in [3.05, 3.63) is 65.9 Å². The van der Waals surface area contributed by atoms with Crippen LogP contribution in [0.15, 0.2) is 60.3 Å². The molecule has 0 bridgehead atoms. The number of methoxy groups -OCH3 is 1. The number of hydrogen-bond acceptors (Lipinski definition) is 5. The number of amides is 2. The Morgan fingerprint density at radius 1 is 1.00 bits per heavy atom. The van der Waals surface area contributed by atoms with Crippen LogP contribution in [0.5, 0.6) is 5.75 Å². The molecule has 26 heavy (non-hydrogen) atoms. The summed E-state index contributed by atoms with van der Waals surface area (Å²) < 4.78 is 5.16. The molecule has 134 valence electrons. The predicted octanol–water partition coefficient (Wildman–Crippen LogP) is 3.25. The number of anilines is 1. The average molecular weight is 368 g/mol. The molecule has 0 atom stereocenters. The normalized spacial score (nSPS) is 14.2. The highest BCUT2D eigenvalue weighted by atomic mass is 32.2. The summed E-state index contributed by atoms with van der Waals surface area (Å²) in [5.74, 6) is 0.878. The molecule has 0 radical (unpaired) electrons. The molecular weight excluding hydrogens is 348 g/mol. The van der Waals surface area contributed by atoms with Crippen molar-refractivity contribution < 1.29 is 14.3 Å². The Hall–Kier alpha value is -2.73. The molecule has 2 aromatic carbocycles. The Balaban J connectivity index is 1.98. The van der Waals surface area contributed by atoms with Gasteiger partial charge in [-0.05, 0) is 36.1 Å². The number of nitrogens with zero attached hydrogens (tertiary/aromatic N) is 1. The summed E-state index contributed by atoms with van der Waals surface area (Å²) in [6.45, 7) is 0.392. The second-order valence-corrected chi connectivity index (χ2v) is 6.71. The second kappa shape index (κ2) is 8.10. The van der Waals surface area contributed by atoms with E-state index < -0.39 is 0 Å². The number of carbonyl (C=O) groups is 2. The maximum absolute atomic E-state index is 12.9. The number of rotatable bonds is 7. The smallest absolute Gasteiger partial charge is 0.278 e. The van der Waals surface area contributed by atoms with Gasteiger partial charge < -0.3 is 10.1 Å². The molecule has 0 aliphatic carbocycles. The van der Waals surface area contributed by atoms with E-state index >= 15 is 0 Å². The lowest BCUT2D eigenvalue weighted by molar-refractivity contribution is -0.136. The lowest BCUT2D eigenvalue weighted by Gasteiger charge is -2.14. The summed E-state index contributed by atoms with van der Waals surface area (Å²) in [5.41, 5.74) is 2.18. The van der Waals surface area contributed by atoms with Crippen molar-refractivity contribution in [3.8, 4) is 5.75 Å². The molecule has 0 spiro atoms. The van der Waals surface area contributed by atoms with Gasteiger partial charge in [-0.3, -0.25) is 14.5 Å². The molecule has 6 heteroatoms. The highest BCUT2D eigenvalue weighted by molar-refractivity contribution is 7.98. The minimum absolute atomic E-state index is 0.258. The van der Waals surface area contributed by atoms with Crippen LogP contribution in [0.4, 0.5) is 5.69 Å². The Kier molecular flexibility index (Phi) is 5.63. The minimum Gasteiger partial charge on any atom is -0.497 e. The number of benzene rings is 2. The number of nitrogens with one attached hydrogen (secondary N) is 1. The van der Waals surface area contributed by atoms with Gasteiger partial charge in [0.1, 0.15) is 11.4 Å². The third kappa shape index (κ3) is 3.60. The van der Waals surface area contributed by atoms with E-state index in [1.54, 1.807) is 31.0 Å². The van der Waals surface area contributed by atoms with Crippen molar-refractivity contribution in [2.24, 2.45) is 0 Å². The van der Waals surface area contributed by atoms with Crippen LogP contribution in [0, 0.1) is 0 Å². The quantitative estimate of drug-likeness (QED) is 0.760. The fourth-order valence-corrected chi connectivity index (χ4v) is 3.13. The summed E-state index contributed by atoms with van der Waals surface area (Å²) >= 11 is 1.60. The Morgan fingerprint density at radius 3 is 2.31 bits per heavy atom. The predicted molar refractivity (Wildman–Crippen MR) is 105 cm³/mol. The van der Waals surface area contributed by atoms with Crippen LogP contribution < -0.4 is 10.1 Å². The average Bonchev–Trinajstić information content (AvgIpc) is 2.91. The maximum atomic E-state index is 12.9. The number of thioether (sulfide) groups is 1. The van der Waals surface area contributed by atoms with Crippen molar-refractivity contribution >= 4 is 34.8 Å². The molecule has 3 rings (SSSR count). The largest absolute Gasteiger partial charge is 0.497 e. The Labute approximate surface area is 157 Å². The highest BCUT2D eigenvalue weighted by Crippen LogP contribution is 2.30.